The highest BCUT2D eigenvalue weighted by Gasteiger charge is 2.34. The topological polar surface area (TPSA) is 89.9 Å². The monoisotopic (exact) mass is 328 g/mol. The molecular formula is C17H32N2O4. The van der Waals surface area contributed by atoms with Crippen LogP contribution in [0.15, 0.2) is 0 Å². The van der Waals surface area contributed by atoms with Crippen molar-refractivity contribution in [2.24, 2.45) is 5.41 Å². The minimum absolute atomic E-state index is 0.0186. The molecule has 1 heterocycles. The van der Waals surface area contributed by atoms with E-state index in [0.717, 1.165) is 25.7 Å². The quantitative estimate of drug-likeness (QED) is 0.523. The van der Waals surface area contributed by atoms with E-state index in [9.17, 15) is 19.8 Å². The molecule has 6 heteroatoms. The summed E-state index contributed by atoms with van der Waals surface area (Å²) in [6, 6.07) is 0. The second-order valence-corrected chi connectivity index (χ2v) is 6.61. The summed E-state index contributed by atoms with van der Waals surface area (Å²) in [7, 11) is 0. The maximum atomic E-state index is 12.1. The Morgan fingerprint density at radius 3 is 2.26 bits per heavy atom. The molecule has 0 aromatic rings. The number of nitrogens with one attached hydrogen (secondary N) is 1. The summed E-state index contributed by atoms with van der Waals surface area (Å²) in [4.78, 5) is 25.3. The minimum atomic E-state index is -0.409. The molecule has 1 fully saturated rings. The van der Waals surface area contributed by atoms with Gasteiger partial charge in [0.1, 0.15) is 0 Å². The Balaban J connectivity index is 2.10. The van der Waals surface area contributed by atoms with Crippen LogP contribution in [-0.4, -0.2) is 59.8 Å². The third kappa shape index (κ3) is 6.87. The van der Waals surface area contributed by atoms with Crippen molar-refractivity contribution in [2.45, 2.75) is 58.3 Å². The average molecular weight is 328 g/mol. The van der Waals surface area contributed by atoms with Crippen LogP contribution < -0.4 is 5.32 Å². The van der Waals surface area contributed by atoms with E-state index in [0.29, 0.717) is 45.3 Å². The molecule has 0 aromatic carbocycles. The first-order valence-corrected chi connectivity index (χ1v) is 8.83. The third-order valence-corrected chi connectivity index (χ3v) is 4.71. The van der Waals surface area contributed by atoms with Gasteiger partial charge in [-0.25, -0.2) is 0 Å². The van der Waals surface area contributed by atoms with E-state index >= 15 is 0 Å². The molecule has 0 bridgehead atoms. The van der Waals surface area contributed by atoms with E-state index in [-0.39, 0.29) is 25.0 Å². The standard InChI is InChI=1S/C17H32N2O4/c1-2-6-15(22)18-10-5-3-4-7-16(23)19-11-8-17(13-20,14-21)9-12-19/h20-21H,2-14H2,1H3,(H,18,22). The molecule has 1 aliphatic heterocycles. The third-order valence-electron chi connectivity index (χ3n) is 4.71. The van der Waals surface area contributed by atoms with Crippen molar-refractivity contribution in [3.05, 3.63) is 0 Å². The van der Waals surface area contributed by atoms with Crippen LogP contribution >= 0.6 is 0 Å². The van der Waals surface area contributed by atoms with Gasteiger partial charge in [0, 0.05) is 37.9 Å². The van der Waals surface area contributed by atoms with Crippen LogP contribution in [0.2, 0.25) is 0 Å². The first-order chi connectivity index (χ1) is 11.1. The number of aliphatic hydroxyl groups is 2. The number of unbranched alkanes of at least 4 members (excludes halogenated alkanes) is 2. The van der Waals surface area contributed by atoms with Gasteiger partial charge in [0.05, 0.1) is 13.2 Å². The van der Waals surface area contributed by atoms with Crippen molar-refractivity contribution in [2.75, 3.05) is 32.8 Å². The number of amides is 2. The van der Waals surface area contributed by atoms with Gasteiger partial charge < -0.3 is 20.4 Å². The van der Waals surface area contributed by atoms with Gasteiger partial charge in [0.15, 0.2) is 0 Å². The SMILES string of the molecule is CCCC(=O)NCCCCCC(=O)N1CCC(CO)(CO)CC1. The van der Waals surface area contributed by atoms with Crippen molar-refractivity contribution in [3.63, 3.8) is 0 Å². The Kier molecular flexibility index (Phi) is 9.17. The van der Waals surface area contributed by atoms with Crippen LogP contribution in [0.1, 0.15) is 58.3 Å². The van der Waals surface area contributed by atoms with Crippen molar-refractivity contribution in [1.29, 1.82) is 0 Å². The summed E-state index contributed by atoms with van der Waals surface area (Å²) >= 11 is 0. The number of piperidine rings is 1. The molecule has 1 aliphatic rings. The fourth-order valence-corrected chi connectivity index (χ4v) is 2.88. The maximum absolute atomic E-state index is 12.1. The summed E-state index contributed by atoms with van der Waals surface area (Å²) in [5.74, 6) is 0.262. The van der Waals surface area contributed by atoms with E-state index in [1.807, 2.05) is 11.8 Å². The smallest absolute Gasteiger partial charge is 0.222 e. The van der Waals surface area contributed by atoms with E-state index in [4.69, 9.17) is 0 Å². The Morgan fingerprint density at radius 2 is 1.70 bits per heavy atom. The second kappa shape index (κ2) is 10.6. The highest BCUT2D eigenvalue weighted by Crippen LogP contribution is 2.30. The van der Waals surface area contributed by atoms with E-state index in [1.54, 1.807) is 0 Å². The van der Waals surface area contributed by atoms with Crippen molar-refractivity contribution in [3.8, 4) is 0 Å². The summed E-state index contributed by atoms with van der Waals surface area (Å²) in [6.07, 6.45) is 5.98. The highest BCUT2D eigenvalue weighted by atomic mass is 16.3. The average Bonchev–Trinajstić information content (AvgIpc) is 2.58. The zero-order valence-electron chi connectivity index (χ0n) is 14.4. The van der Waals surface area contributed by atoms with Crippen LogP contribution in [0.5, 0.6) is 0 Å². The van der Waals surface area contributed by atoms with Gasteiger partial charge in [0.2, 0.25) is 11.8 Å². The molecule has 1 rings (SSSR count). The molecule has 0 aliphatic carbocycles. The fourth-order valence-electron chi connectivity index (χ4n) is 2.88. The summed E-state index contributed by atoms with van der Waals surface area (Å²) in [5, 5.41) is 21.6. The molecule has 2 amide bonds. The number of nitrogens with zero attached hydrogens (tertiary/aromatic N) is 1. The van der Waals surface area contributed by atoms with Gasteiger partial charge in [-0.2, -0.15) is 0 Å². The van der Waals surface area contributed by atoms with Gasteiger partial charge in [-0.05, 0) is 32.1 Å². The van der Waals surface area contributed by atoms with Crippen LogP contribution in [0, 0.1) is 5.41 Å². The van der Waals surface area contributed by atoms with Gasteiger partial charge in [-0.15, -0.1) is 0 Å². The lowest BCUT2D eigenvalue weighted by atomic mass is 9.80. The molecule has 0 aromatic heterocycles. The number of likely N-dealkylation sites (tertiary alicyclic amines) is 1. The van der Waals surface area contributed by atoms with Gasteiger partial charge >= 0.3 is 0 Å². The normalized spacial score (nSPS) is 17.1. The number of carbonyl (C=O) groups excluding carboxylic acids is 2. The molecule has 6 nitrogen and oxygen atoms in total. The second-order valence-electron chi connectivity index (χ2n) is 6.61. The Morgan fingerprint density at radius 1 is 1.04 bits per heavy atom. The van der Waals surface area contributed by atoms with E-state index < -0.39 is 5.41 Å². The molecule has 1 saturated heterocycles. The Labute approximate surface area is 139 Å². The highest BCUT2D eigenvalue weighted by molar-refractivity contribution is 5.76. The zero-order valence-corrected chi connectivity index (χ0v) is 14.4. The summed E-state index contributed by atoms with van der Waals surface area (Å²) < 4.78 is 0. The first-order valence-electron chi connectivity index (χ1n) is 8.83. The van der Waals surface area contributed by atoms with Crippen molar-refractivity contribution >= 4 is 11.8 Å². The molecule has 0 saturated carbocycles. The van der Waals surface area contributed by atoms with Crippen LogP contribution in [0.4, 0.5) is 0 Å². The van der Waals surface area contributed by atoms with Crippen LogP contribution in [0.3, 0.4) is 0 Å². The Bertz CT molecular complexity index is 360. The van der Waals surface area contributed by atoms with E-state index in [1.165, 1.54) is 0 Å². The van der Waals surface area contributed by atoms with Crippen LogP contribution in [-0.2, 0) is 9.59 Å². The number of carbonyl (C=O) groups is 2. The molecule has 23 heavy (non-hydrogen) atoms. The zero-order chi connectivity index (χ0) is 17.1. The minimum Gasteiger partial charge on any atom is -0.396 e. The number of hydrogen-bond acceptors (Lipinski definition) is 4. The predicted octanol–water partition coefficient (Wildman–Crippen LogP) is 1.06. The van der Waals surface area contributed by atoms with Crippen molar-refractivity contribution in [1.82, 2.24) is 10.2 Å². The lowest BCUT2D eigenvalue weighted by molar-refractivity contribution is -0.135. The molecule has 3 N–H and O–H groups in total. The lowest BCUT2D eigenvalue weighted by Gasteiger charge is -2.39. The van der Waals surface area contributed by atoms with E-state index in [2.05, 4.69) is 5.32 Å². The summed E-state index contributed by atoms with van der Waals surface area (Å²) in [5.41, 5.74) is -0.409. The molecular weight excluding hydrogens is 296 g/mol. The molecule has 0 spiro atoms. The molecule has 0 unspecified atom stereocenters. The number of rotatable bonds is 10. The lowest BCUT2D eigenvalue weighted by Crippen LogP contribution is -2.46. The number of aliphatic hydroxyl groups excluding tert-OH is 2. The fraction of sp³-hybridized carbons (Fsp3) is 0.882. The van der Waals surface area contributed by atoms with Crippen LogP contribution in [0.25, 0.3) is 0 Å². The molecule has 134 valence electrons. The first kappa shape index (κ1) is 19.9. The Hall–Kier alpha value is -1.14. The number of hydrogen-bond donors (Lipinski definition) is 3. The van der Waals surface area contributed by atoms with Crippen molar-refractivity contribution < 1.29 is 19.8 Å². The molecule has 0 atom stereocenters. The largest absolute Gasteiger partial charge is 0.396 e. The summed E-state index contributed by atoms with van der Waals surface area (Å²) in [6.45, 7) is 3.87. The molecule has 0 radical (unpaired) electrons. The van der Waals surface area contributed by atoms with Gasteiger partial charge in [0.25, 0.3) is 0 Å². The predicted molar refractivity (Wildman–Crippen MR) is 88.8 cm³/mol. The van der Waals surface area contributed by atoms with Gasteiger partial charge in [-0.3, -0.25) is 9.59 Å². The maximum Gasteiger partial charge on any atom is 0.222 e. The van der Waals surface area contributed by atoms with Gasteiger partial charge in [-0.1, -0.05) is 13.3 Å².